The van der Waals surface area contributed by atoms with Crippen LogP contribution in [0.25, 0.3) is 0 Å². The fourth-order valence-corrected chi connectivity index (χ4v) is 2.45. The number of halogens is 4. The zero-order valence-electron chi connectivity index (χ0n) is 6.81. The number of carbonyl (C=O) groups excluding carboxylic acids is 1. The molecule has 1 aromatic rings. The standard InChI is InChI=1S/C7H4BrF3O2S/c1-13-6(12)4-2-3(8)5(14-4)7(9,10)11/h2H,1H3. The summed E-state index contributed by atoms with van der Waals surface area (Å²) in [6.07, 6.45) is -4.45. The van der Waals surface area contributed by atoms with E-state index >= 15 is 0 Å². The van der Waals surface area contributed by atoms with Crippen molar-refractivity contribution in [3.05, 3.63) is 20.3 Å². The first-order valence-corrected chi connectivity index (χ1v) is 4.92. The maximum Gasteiger partial charge on any atom is 0.426 e. The van der Waals surface area contributed by atoms with Crippen LogP contribution >= 0.6 is 27.3 Å². The monoisotopic (exact) mass is 288 g/mol. The van der Waals surface area contributed by atoms with Gasteiger partial charge in [0, 0.05) is 4.47 Å². The zero-order valence-corrected chi connectivity index (χ0v) is 9.22. The van der Waals surface area contributed by atoms with E-state index < -0.39 is 17.0 Å². The molecule has 0 atom stereocenters. The lowest BCUT2D eigenvalue weighted by Gasteiger charge is -2.02. The Hall–Kier alpha value is -0.560. The minimum absolute atomic E-state index is 0.0771. The van der Waals surface area contributed by atoms with Gasteiger partial charge >= 0.3 is 12.1 Å². The van der Waals surface area contributed by atoms with Crippen LogP contribution in [0.15, 0.2) is 10.5 Å². The van der Waals surface area contributed by atoms with E-state index in [4.69, 9.17) is 0 Å². The van der Waals surface area contributed by atoms with Crippen molar-refractivity contribution in [1.29, 1.82) is 0 Å². The van der Waals surface area contributed by atoms with Crippen LogP contribution in [-0.4, -0.2) is 13.1 Å². The van der Waals surface area contributed by atoms with Gasteiger partial charge in [0.15, 0.2) is 0 Å². The normalized spacial score (nSPS) is 11.5. The van der Waals surface area contributed by atoms with Gasteiger partial charge in [0.25, 0.3) is 0 Å². The topological polar surface area (TPSA) is 26.3 Å². The van der Waals surface area contributed by atoms with Crippen LogP contribution in [0.2, 0.25) is 0 Å². The largest absolute Gasteiger partial charge is 0.465 e. The molecule has 7 heteroatoms. The van der Waals surface area contributed by atoms with Crippen molar-refractivity contribution in [3.63, 3.8) is 0 Å². The quantitative estimate of drug-likeness (QED) is 0.741. The number of hydrogen-bond donors (Lipinski definition) is 0. The molecule has 2 nitrogen and oxygen atoms in total. The number of rotatable bonds is 1. The summed E-state index contributed by atoms with van der Waals surface area (Å²) in [6.45, 7) is 0. The van der Waals surface area contributed by atoms with Crippen LogP contribution in [0.4, 0.5) is 13.2 Å². The Bertz CT molecular complexity index is 358. The Morgan fingerprint density at radius 2 is 2.14 bits per heavy atom. The molecule has 1 rings (SSSR count). The number of ether oxygens (including phenoxy) is 1. The molecule has 0 aliphatic rings. The number of methoxy groups -OCH3 is 1. The van der Waals surface area contributed by atoms with Gasteiger partial charge in [-0.05, 0) is 22.0 Å². The fraction of sp³-hybridized carbons (Fsp3) is 0.286. The summed E-state index contributed by atoms with van der Waals surface area (Å²) in [6, 6.07) is 1.10. The predicted molar refractivity (Wildman–Crippen MR) is 48.4 cm³/mol. The first-order valence-electron chi connectivity index (χ1n) is 3.31. The lowest BCUT2D eigenvalue weighted by Crippen LogP contribution is -2.02. The van der Waals surface area contributed by atoms with E-state index in [1.165, 1.54) is 0 Å². The summed E-state index contributed by atoms with van der Waals surface area (Å²) in [4.78, 5) is 9.99. The third-order valence-electron chi connectivity index (χ3n) is 1.33. The highest BCUT2D eigenvalue weighted by molar-refractivity contribution is 9.10. The van der Waals surface area contributed by atoms with Gasteiger partial charge < -0.3 is 4.74 Å². The Morgan fingerprint density at radius 3 is 2.50 bits per heavy atom. The van der Waals surface area contributed by atoms with Crippen LogP contribution in [0, 0.1) is 0 Å². The van der Waals surface area contributed by atoms with Crippen molar-refractivity contribution in [2.45, 2.75) is 6.18 Å². The molecule has 0 radical (unpaired) electrons. The van der Waals surface area contributed by atoms with Crippen molar-refractivity contribution in [2.75, 3.05) is 7.11 Å². The summed E-state index contributed by atoms with van der Waals surface area (Å²) < 4.78 is 40.9. The van der Waals surface area contributed by atoms with Gasteiger partial charge in [0.1, 0.15) is 9.75 Å². The molecule has 0 bridgehead atoms. The molecule has 0 aromatic carbocycles. The van der Waals surface area contributed by atoms with E-state index in [1.54, 1.807) is 0 Å². The Balaban J connectivity index is 3.12. The van der Waals surface area contributed by atoms with Crippen molar-refractivity contribution in [3.8, 4) is 0 Å². The lowest BCUT2D eigenvalue weighted by molar-refractivity contribution is -0.134. The highest BCUT2D eigenvalue weighted by Crippen LogP contribution is 2.40. The van der Waals surface area contributed by atoms with E-state index in [0.717, 1.165) is 13.2 Å². The third kappa shape index (κ3) is 2.27. The average Bonchev–Trinajstić information content (AvgIpc) is 2.45. The second-order valence-electron chi connectivity index (χ2n) is 2.28. The maximum absolute atomic E-state index is 12.3. The molecule has 0 spiro atoms. The molecule has 0 amide bonds. The van der Waals surface area contributed by atoms with Crippen molar-refractivity contribution in [1.82, 2.24) is 0 Å². The molecule has 1 aromatic heterocycles. The van der Waals surface area contributed by atoms with Gasteiger partial charge in [-0.15, -0.1) is 11.3 Å². The minimum Gasteiger partial charge on any atom is -0.465 e. The van der Waals surface area contributed by atoms with Crippen LogP contribution in [0.5, 0.6) is 0 Å². The van der Waals surface area contributed by atoms with Crippen LogP contribution in [-0.2, 0) is 10.9 Å². The Kier molecular flexibility index (Phi) is 3.20. The molecule has 0 saturated carbocycles. The fourth-order valence-electron chi connectivity index (χ4n) is 0.763. The molecule has 0 aliphatic carbocycles. The van der Waals surface area contributed by atoms with E-state index in [9.17, 15) is 18.0 Å². The predicted octanol–water partition coefficient (Wildman–Crippen LogP) is 3.32. The molecule has 0 saturated heterocycles. The third-order valence-corrected chi connectivity index (χ3v) is 3.38. The van der Waals surface area contributed by atoms with Gasteiger partial charge in [-0.3, -0.25) is 0 Å². The summed E-state index contributed by atoms with van der Waals surface area (Å²) in [7, 11) is 1.11. The van der Waals surface area contributed by atoms with Crippen LogP contribution < -0.4 is 0 Å². The second-order valence-corrected chi connectivity index (χ2v) is 4.18. The molecule has 14 heavy (non-hydrogen) atoms. The molecule has 1 heterocycles. The molecule has 0 aliphatic heterocycles. The van der Waals surface area contributed by atoms with E-state index in [1.807, 2.05) is 0 Å². The molecule has 78 valence electrons. The van der Waals surface area contributed by atoms with E-state index in [0.29, 0.717) is 11.3 Å². The van der Waals surface area contributed by atoms with Crippen LogP contribution in [0.3, 0.4) is 0 Å². The minimum atomic E-state index is -4.45. The number of hydrogen-bond acceptors (Lipinski definition) is 3. The molecular weight excluding hydrogens is 285 g/mol. The number of thiophene rings is 1. The summed E-state index contributed by atoms with van der Waals surface area (Å²) in [5, 5.41) is 0. The zero-order chi connectivity index (χ0) is 10.9. The van der Waals surface area contributed by atoms with Gasteiger partial charge in [-0.1, -0.05) is 0 Å². The van der Waals surface area contributed by atoms with Gasteiger partial charge in [0.05, 0.1) is 7.11 Å². The maximum atomic E-state index is 12.3. The second kappa shape index (κ2) is 3.90. The summed E-state index contributed by atoms with van der Waals surface area (Å²) in [5.41, 5.74) is 0. The van der Waals surface area contributed by atoms with E-state index in [-0.39, 0.29) is 9.35 Å². The van der Waals surface area contributed by atoms with Gasteiger partial charge in [-0.25, -0.2) is 4.79 Å². The Labute approximate surface area is 89.8 Å². The molecule has 0 unspecified atom stereocenters. The van der Waals surface area contributed by atoms with Crippen LogP contribution in [0.1, 0.15) is 14.5 Å². The lowest BCUT2D eigenvalue weighted by atomic mass is 10.4. The van der Waals surface area contributed by atoms with Crippen molar-refractivity contribution >= 4 is 33.2 Å². The van der Waals surface area contributed by atoms with Crippen molar-refractivity contribution in [2.24, 2.45) is 0 Å². The smallest absolute Gasteiger partial charge is 0.426 e. The molecule has 0 N–H and O–H groups in total. The SMILES string of the molecule is COC(=O)c1cc(Br)c(C(F)(F)F)s1. The van der Waals surface area contributed by atoms with E-state index in [2.05, 4.69) is 20.7 Å². The van der Waals surface area contributed by atoms with Gasteiger partial charge in [-0.2, -0.15) is 13.2 Å². The number of esters is 1. The van der Waals surface area contributed by atoms with Crippen molar-refractivity contribution < 1.29 is 22.7 Å². The summed E-state index contributed by atoms with van der Waals surface area (Å²) >= 11 is 3.09. The van der Waals surface area contributed by atoms with Gasteiger partial charge in [0.2, 0.25) is 0 Å². The highest BCUT2D eigenvalue weighted by atomic mass is 79.9. The Morgan fingerprint density at radius 1 is 1.57 bits per heavy atom. The number of carbonyl (C=O) groups is 1. The molecular formula is C7H4BrF3O2S. The average molecular weight is 289 g/mol. The first-order chi connectivity index (χ1) is 6.36. The number of alkyl halides is 3. The summed E-state index contributed by atoms with van der Waals surface area (Å²) in [5.74, 6) is -0.772. The molecule has 0 fully saturated rings. The highest BCUT2D eigenvalue weighted by Gasteiger charge is 2.36. The first kappa shape index (κ1) is 11.5.